The molecule has 1 saturated carbocycles. The highest BCUT2D eigenvalue weighted by Crippen LogP contribution is 2.42. The van der Waals surface area contributed by atoms with Gasteiger partial charge in [-0.05, 0) is 49.3 Å². The molecule has 3 aliphatic heterocycles. The van der Waals surface area contributed by atoms with Crippen molar-refractivity contribution in [3.8, 4) is 0 Å². The van der Waals surface area contributed by atoms with Crippen molar-refractivity contribution < 1.29 is 9.53 Å². The molecule has 1 aliphatic carbocycles. The maximum Gasteiger partial charge on any atom is 0.257 e. The second kappa shape index (κ2) is 4.94. The molecule has 23 heavy (non-hydrogen) atoms. The first-order chi connectivity index (χ1) is 11.3. The number of nitrogens with zero attached hydrogens (tertiary/aromatic N) is 3. The van der Waals surface area contributed by atoms with E-state index in [4.69, 9.17) is 4.74 Å². The Morgan fingerprint density at radius 2 is 2.00 bits per heavy atom. The molecule has 0 aromatic carbocycles. The minimum Gasteiger partial charge on any atom is -0.356 e. The number of ether oxygens (including phenoxy) is 1. The monoisotopic (exact) mass is 313 g/mol. The first-order valence-corrected chi connectivity index (χ1v) is 8.95. The van der Waals surface area contributed by atoms with Crippen molar-refractivity contribution >= 4 is 11.7 Å². The largest absolute Gasteiger partial charge is 0.356 e. The standard InChI is InChI=1S/C18H23N3O2/c22-17-18(23-16-2-1-9-21(16)17)6-10-20(11-7-18)15-12-14(5-8-19-15)13-3-4-13/h5,8,12-13,16H,1-4,6-7,9-11H2. The van der Waals surface area contributed by atoms with E-state index in [0.717, 1.165) is 57.1 Å². The van der Waals surface area contributed by atoms with Crippen LogP contribution in [0.25, 0.3) is 0 Å². The Morgan fingerprint density at radius 3 is 2.74 bits per heavy atom. The molecule has 0 bridgehead atoms. The van der Waals surface area contributed by atoms with Crippen LogP contribution in [-0.4, -0.2) is 47.3 Å². The lowest BCUT2D eigenvalue weighted by Crippen LogP contribution is -2.50. The van der Waals surface area contributed by atoms with Crippen molar-refractivity contribution in [3.05, 3.63) is 23.9 Å². The number of anilines is 1. The van der Waals surface area contributed by atoms with Gasteiger partial charge in [0, 0.05) is 38.7 Å². The number of hydrogen-bond acceptors (Lipinski definition) is 4. The van der Waals surface area contributed by atoms with Crippen LogP contribution < -0.4 is 4.90 Å². The molecular formula is C18H23N3O2. The zero-order chi connectivity index (χ0) is 15.4. The van der Waals surface area contributed by atoms with Crippen LogP contribution in [0.4, 0.5) is 5.82 Å². The molecule has 1 aromatic rings. The van der Waals surface area contributed by atoms with E-state index < -0.39 is 5.60 Å². The molecule has 122 valence electrons. The quantitative estimate of drug-likeness (QED) is 0.840. The third kappa shape index (κ3) is 2.17. The number of fused-ring (bicyclic) bond motifs is 1. The average molecular weight is 313 g/mol. The smallest absolute Gasteiger partial charge is 0.257 e. The maximum absolute atomic E-state index is 12.7. The van der Waals surface area contributed by atoms with E-state index in [1.165, 1.54) is 18.4 Å². The molecule has 1 spiro atoms. The molecule has 0 N–H and O–H groups in total. The van der Waals surface area contributed by atoms with E-state index in [-0.39, 0.29) is 12.1 Å². The summed E-state index contributed by atoms with van der Waals surface area (Å²) in [5.74, 6) is 2.05. The van der Waals surface area contributed by atoms with Crippen molar-refractivity contribution in [2.24, 2.45) is 0 Å². The Hall–Kier alpha value is -1.62. The number of carbonyl (C=O) groups is 1. The third-order valence-corrected chi connectivity index (χ3v) is 5.92. The maximum atomic E-state index is 12.7. The molecule has 5 heteroatoms. The molecular weight excluding hydrogens is 290 g/mol. The predicted octanol–water partition coefficient (Wildman–Crippen LogP) is 2.28. The lowest BCUT2D eigenvalue weighted by molar-refractivity contribution is -0.139. The Bertz CT molecular complexity index is 635. The summed E-state index contributed by atoms with van der Waals surface area (Å²) in [6.45, 7) is 2.58. The normalized spacial score (nSPS) is 29.4. The van der Waals surface area contributed by atoms with Gasteiger partial charge in [0.25, 0.3) is 5.91 Å². The van der Waals surface area contributed by atoms with Crippen LogP contribution in [0.3, 0.4) is 0 Å². The molecule has 4 heterocycles. The lowest BCUT2D eigenvalue weighted by atomic mass is 9.90. The SMILES string of the molecule is O=C1N2CCCC2OC12CCN(c1cc(C3CC3)ccn1)CC2. The number of amides is 1. The zero-order valence-corrected chi connectivity index (χ0v) is 13.4. The first kappa shape index (κ1) is 13.8. The number of hydrogen-bond donors (Lipinski definition) is 0. The lowest BCUT2D eigenvalue weighted by Gasteiger charge is -2.37. The van der Waals surface area contributed by atoms with E-state index in [1.54, 1.807) is 0 Å². The van der Waals surface area contributed by atoms with E-state index in [1.807, 2.05) is 11.1 Å². The summed E-state index contributed by atoms with van der Waals surface area (Å²) in [5.41, 5.74) is 0.875. The van der Waals surface area contributed by atoms with Gasteiger partial charge in [-0.2, -0.15) is 0 Å². The molecule has 4 fully saturated rings. The first-order valence-electron chi connectivity index (χ1n) is 8.95. The van der Waals surface area contributed by atoms with Crippen molar-refractivity contribution in [1.82, 2.24) is 9.88 Å². The summed E-state index contributed by atoms with van der Waals surface area (Å²) in [7, 11) is 0. The third-order valence-electron chi connectivity index (χ3n) is 5.92. The van der Waals surface area contributed by atoms with Gasteiger partial charge < -0.3 is 14.5 Å². The molecule has 1 atom stereocenters. The fraction of sp³-hybridized carbons (Fsp3) is 0.667. The van der Waals surface area contributed by atoms with Gasteiger partial charge in [-0.25, -0.2) is 4.98 Å². The summed E-state index contributed by atoms with van der Waals surface area (Å²) >= 11 is 0. The van der Waals surface area contributed by atoms with Crippen molar-refractivity contribution in [3.63, 3.8) is 0 Å². The molecule has 5 nitrogen and oxygen atoms in total. The van der Waals surface area contributed by atoms with E-state index >= 15 is 0 Å². The number of piperidine rings is 1. The van der Waals surface area contributed by atoms with Gasteiger partial charge in [-0.1, -0.05) is 0 Å². The minimum absolute atomic E-state index is 0.0466. The summed E-state index contributed by atoms with van der Waals surface area (Å²) < 4.78 is 6.21. The molecule has 1 unspecified atom stereocenters. The molecule has 0 radical (unpaired) electrons. The van der Waals surface area contributed by atoms with Crippen LogP contribution in [0.2, 0.25) is 0 Å². The number of rotatable bonds is 2. The summed E-state index contributed by atoms with van der Waals surface area (Å²) in [6, 6.07) is 4.38. The summed E-state index contributed by atoms with van der Waals surface area (Å²) in [5, 5.41) is 0. The van der Waals surface area contributed by atoms with Crippen LogP contribution in [0, 0.1) is 0 Å². The molecule has 1 aromatic heterocycles. The van der Waals surface area contributed by atoms with Crippen LogP contribution in [0.1, 0.15) is 50.0 Å². The Labute approximate surface area is 136 Å². The van der Waals surface area contributed by atoms with Gasteiger partial charge in [0.1, 0.15) is 12.0 Å². The highest BCUT2D eigenvalue weighted by Gasteiger charge is 2.55. The van der Waals surface area contributed by atoms with Crippen molar-refractivity contribution in [2.45, 2.75) is 56.3 Å². The fourth-order valence-electron chi connectivity index (χ4n) is 4.37. The average Bonchev–Trinajstić information content (AvgIpc) is 3.29. The van der Waals surface area contributed by atoms with Crippen LogP contribution in [-0.2, 0) is 9.53 Å². The fourth-order valence-corrected chi connectivity index (χ4v) is 4.37. The highest BCUT2D eigenvalue weighted by molar-refractivity contribution is 5.87. The van der Waals surface area contributed by atoms with Gasteiger partial charge in [-0.15, -0.1) is 0 Å². The predicted molar refractivity (Wildman–Crippen MR) is 86.2 cm³/mol. The number of carbonyl (C=O) groups excluding carboxylic acids is 1. The molecule has 1 amide bonds. The zero-order valence-electron chi connectivity index (χ0n) is 13.4. The Morgan fingerprint density at radius 1 is 1.17 bits per heavy atom. The molecule has 4 aliphatic rings. The topological polar surface area (TPSA) is 45.7 Å². The Balaban J connectivity index is 1.31. The molecule has 5 rings (SSSR count). The van der Waals surface area contributed by atoms with Gasteiger partial charge in [0.15, 0.2) is 5.60 Å². The summed E-state index contributed by atoms with van der Waals surface area (Å²) in [6.07, 6.45) is 8.25. The van der Waals surface area contributed by atoms with Gasteiger partial charge >= 0.3 is 0 Å². The number of pyridine rings is 1. The van der Waals surface area contributed by atoms with E-state index in [9.17, 15) is 4.79 Å². The number of aromatic nitrogens is 1. The van der Waals surface area contributed by atoms with Crippen molar-refractivity contribution in [1.29, 1.82) is 0 Å². The van der Waals surface area contributed by atoms with Crippen LogP contribution in [0.5, 0.6) is 0 Å². The van der Waals surface area contributed by atoms with Gasteiger partial charge in [-0.3, -0.25) is 4.79 Å². The van der Waals surface area contributed by atoms with Crippen molar-refractivity contribution in [2.75, 3.05) is 24.5 Å². The second-order valence-corrected chi connectivity index (χ2v) is 7.42. The van der Waals surface area contributed by atoms with E-state index in [0.29, 0.717) is 0 Å². The van der Waals surface area contributed by atoms with Crippen LogP contribution in [0.15, 0.2) is 18.3 Å². The van der Waals surface area contributed by atoms with Gasteiger partial charge in [0.2, 0.25) is 0 Å². The van der Waals surface area contributed by atoms with Crippen LogP contribution >= 0.6 is 0 Å². The van der Waals surface area contributed by atoms with Gasteiger partial charge in [0.05, 0.1) is 0 Å². The Kier molecular flexibility index (Phi) is 2.96. The van der Waals surface area contributed by atoms with E-state index in [2.05, 4.69) is 22.0 Å². The second-order valence-electron chi connectivity index (χ2n) is 7.42. The summed E-state index contributed by atoms with van der Waals surface area (Å²) in [4.78, 5) is 21.6. The molecule has 3 saturated heterocycles. The minimum atomic E-state index is -0.546. The highest BCUT2D eigenvalue weighted by atomic mass is 16.6.